The van der Waals surface area contributed by atoms with Gasteiger partial charge in [-0.05, 0) is 36.5 Å². The van der Waals surface area contributed by atoms with Gasteiger partial charge >= 0.3 is 0 Å². The van der Waals surface area contributed by atoms with E-state index in [9.17, 15) is 4.79 Å². The summed E-state index contributed by atoms with van der Waals surface area (Å²) in [5.74, 6) is 0.744. The molecule has 0 radical (unpaired) electrons. The Kier molecular flexibility index (Phi) is 5.15. The van der Waals surface area contributed by atoms with E-state index >= 15 is 0 Å². The quantitative estimate of drug-likeness (QED) is 0.915. The monoisotopic (exact) mass is 276 g/mol. The van der Waals surface area contributed by atoms with Crippen molar-refractivity contribution in [3.05, 3.63) is 35.4 Å². The van der Waals surface area contributed by atoms with Gasteiger partial charge in [0.1, 0.15) is 0 Å². The van der Waals surface area contributed by atoms with Crippen LogP contribution in [0.5, 0.6) is 0 Å². The van der Waals surface area contributed by atoms with E-state index in [4.69, 9.17) is 10.5 Å². The minimum Gasteiger partial charge on any atom is -0.380 e. The van der Waals surface area contributed by atoms with Crippen molar-refractivity contribution in [2.45, 2.75) is 32.4 Å². The molecule has 0 aliphatic carbocycles. The number of methoxy groups -OCH3 is 1. The van der Waals surface area contributed by atoms with Crippen LogP contribution < -0.4 is 5.73 Å². The van der Waals surface area contributed by atoms with Gasteiger partial charge in [-0.2, -0.15) is 0 Å². The Hall–Kier alpha value is -1.39. The molecule has 1 aromatic carbocycles. The number of carbonyl (C=O) groups is 1. The van der Waals surface area contributed by atoms with E-state index < -0.39 is 0 Å². The topological polar surface area (TPSA) is 55.6 Å². The summed E-state index contributed by atoms with van der Waals surface area (Å²) in [6, 6.07) is 7.82. The maximum atomic E-state index is 12.6. The van der Waals surface area contributed by atoms with Crippen molar-refractivity contribution in [2.24, 2.45) is 11.7 Å². The number of nitrogens with two attached hydrogens (primary N) is 1. The van der Waals surface area contributed by atoms with Crippen molar-refractivity contribution in [3.63, 3.8) is 0 Å². The lowest BCUT2D eigenvalue weighted by atomic mass is 9.92. The number of carbonyl (C=O) groups excluding carboxylic acids is 1. The molecule has 4 heteroatoms. The molecule has 2 atom stereocenters. The van der Waals surface area contributed by atoms with Gasteiger partial charge in [0.05, 0.1) is 6.61 Å². The predicted molar refractivity (Wildman–Crippen MR) is 79.4 cm³/mol. The van der Waals surface area contributed by atoms with Crippen LogP contribution in [0.1, 0.15) is 35.7 Å². The van der Waals surface area contributed by atoms with Crippen molar-refractivity contribution >= 4 is 5.91 Å². The van der Waals surface area contributed by atoms with E-state index in [2.05, 4.69) is 6.92 Å². The zero-order valence-electron chi connectivity index (χ0n) is 12.3. The number of rotatable bonds is 4. The highest BCUT2D eigenvalue weighted by atomic mass is 16.5. The van der Waals surface area contributed by atoms with Crippen molar-refractivity contribution < 1.29 is 9.53 Å². The van der Waals surface area contributed by atoms with E-state index in [-0.39, 0.29) is 11.9 Å². The predicted octanol–water partition coefficient (Wildman–Crippen LogP) is 2.03. The van der Waals surface area contributed by atoms with Crippen LogP contribution in [0.3, 0.4) is 0 Å². The standard InChI is InChI=1S/C16H24N2O2/c1-12-7-8-18(15(9-12)10-17)16(19)14-5-3-13(4-6-14)11-20-2/h3-6,12,15H,7-11,17H2,1-2H3. The van der Waals surface area contributed by atoms with Gasteiger partial charge in [0.15, 0.2) is 0 Å². The number of hydrogen-bond acceptors (Lipinski definition) is 3. The van der Waals surface area contributed by atoms with Gasteiger partial charge in [-0.15, -0.1) is 0 Å². The molecule has 4 nitrogen and oxygen atoms in total. The molecule has 0 aromatic heterocycles. The number of hydrogen-bond donors (Lipinski definition) is 1. The minimum atomic E-state index is 0.0938. The third-order valence-electron chi connectivity index (χ3n) is 4.02. The maximum absolute atomic E-state index is 12.6. The first-order chi connectivity index (χ1) is 9.65. The number of benzene rings is 1. The molecule has 1 aliphatic rings. The van der Waals surface area contributed by atoms with Crippen LogP contribution in [0, 0.1) is 5.92 Å². The third kappa shape index (κ3) is 3.38. The lowest BCUT2D eigenvalue weighted by molar-refractivity contribution is 0.0573. The molecular formula is C16H24N2O2. The van der Waals surface area contributed by atoms with Crippen LogP contribution in [0.15, 0.2) is 24.3 Å². The first-order valence-electron chi connectivity index (χ1n) is 7.24. The van der Waals surface area contributed by atoms with Crippen LogP contribution in [-0.2, 0) is 11.3 Å². The number of piperidine rings is 1. The number of ether oxygens (including phenoxy) is 1. The minimum absolute atomic E-state index is 0.0938. The fourth-order valence-electron chi connectivity index (χ4n) is 2.82. The summed E-state index contributed by atoms with van der Waals surface area (Å²) >= 11 is 0. The van der Waals surface area contributed by atoms with E-state index in [1.54, 1.807) is 7.11 Å². The lowest BCUT2D eigenvalue weighted by Gasteiger charge is -2.38. The van der Waals surface area contributed by atoms with Crippen molar-refractivity contribution in [3.8, 4) is 0 Å². The second-order valence-electron chi connectivity index (χ2n) is 5.65. The molecule has 1 saturated heterocycles. The second-order valence-corrected chi connectivity index (χ2v) is 5.65. The lowest BCUT2D eigenvalue weighted by Crippen LogP contribution is -2.49. The number of likely N-dealkylation sites (tertiary alicyclic amines) is 1. The van der Waals surface area contributed by atoms with Crippen LogP contribution in [-0.4, -0.2) is 37.0 Å². The largest absolute Gasteiger partial charge is 0.380 e. The van der Waals surface area contributed by atoms with Gasteiger partial charge in [0.2, 0.25) is 0 Å². The van der Waals surface area contributed by atoms with Gasteiger partial charge in [0.25, 0.3) is 5.91 Å². The summed E-state index contributed by atoms with van der Waals surface area (Å²) in [5, 5.41) is 0. The Morgan fingerprint density at radius 2 is 2.10 bits per heavy atom. The first kappa shape index (κ1) is 15.0. The van der Waals surface area contributed by atoms with E-state index in [0.29, 0.717) is 19.1 Å². The highest BCUT2D eigenvalue weighted by Crippen LogP contribution is 2.23. The zero-order valence-corrected chi connectivity index (χ0v) is 12.3. The molecule has 2 unspecified atom stereocenters. The Bertz CT molecular complexity index is 444. The van der Waals surface area contributed by atoms with E-state index in [1.165, 1.54) is 0 Å². The van der Waals surface area contributed by atoms with Gasteiger partial charge < -0.3 is 15.4 Å². The summed E-state index contributed by atoms with van der Waals surface area (Å²) < 4.78 is 5.08. The molecule has 1 amide bonds. The highest BCUT2D eigenvalue weighted by molar-refractivity contribution is 5.94. The molecule has 1 aromatic rings. The van der Waals surface area contributed by atoms with Crippen molar-refractivity contribution in [1.82, 2.24) is 4.90 Å². The molecule has 1 fully saturated rings. The summed E-state index contributed by atoms with van der Waals surface area (Å²) in [6.45, 7) is 4.14. The first-order valence-corrected chi connectivity index (χ1v) is 7.24. The molecule has 110 valence electrons. The SMILES string of the molecule is COCc1ccc(C(=O)N2CCC(C)CC2CN)cc1. The Morgan fingerprint density at radius 1 is 1.40 bits per heavy atom. The van der Waals surface area contributed by atoms with Crippen LogP contribution in [0.2, 0.25) is 0 Å². The van der Waals surface area contributed by atoms with Gasteiger partial charge in [-0.25, -0.2) is 0 Å². The normalized spacial score (nSPS) is 22.9. The third-order valence-corrected chi connectivity index (χ3v) is 4.02. The molecular weight excluding hydrogens is 252 g/mol. The number of nitrogens with zero attached hydrogens (tertiary/aromatic N) is 1. The van der Waals surface area contributed by atoms with Gasteiger partial charge in [-0.3, -0.25) is 4.79 Å². The van der Waals surface area contributed by atoms with Crippen LogP contribution in [0.25, 0.3) is 0 Å². The molecule has 1 heterocycles. The molecule has 2 N–H and O–H groups in total. The average molecular weight is 276 g/mol. The molecule has 2 rings (SSSR count). The molecule has 0 saturated carbocycles. The maximum Gasteiger partial charge on any atom is 0.254 e. The van der Waals surface area contributed by atoms with Gasteiger partial charge in [-0.1, -0.05) is 19.1 Å². The second kappa shape index (κ2) is 6.86. The van der Waals surface area contributed by atoms with Crippen molar-refractivity contribution in [1.29, 1.82) is 0 Å². The molecule has 1 aliphatic heterocycles. The molecule has 0 spiro atoms. The summed E-state index contributed by atoms with van der Waals surface area (Å²) in [5.41, 5.74) is 7.63. The summed E-state index contributed by atoms with van der Waals surface area (Å²) in [6.07, 6.45) is 2.06. The fourth-order valence-corrected chi connectivity index (χ4v) is 2.82. The summed E-state index contributed by atoms with van der Waals surface area (Å²) in [7, 11) is 1.67. The average Bonchev–Trinajstić information content (AvgIpc) is 2.47. The van der Waals surface area contributed by atoms with Crippen LogP contribution >= 0.6 is 0 Å². The van der Waals surface area contributed by atoms with Crippen LogP contribution in [0.4, 0.5) is 0 Å². The van der Waals surface area contributed by atoms with Gasteiger partial charge in [0, 0.05) is 31.8 Å². The summed E-state index contributed by atoms with van der Waals surface area (Å²) in [4.78, 5) is 14.5. The Balaban J connectivity index is 2.09. The van der Waals surface area contributed by atoms with E-state index in [1.807, 2.05) is 29.2 Å². The zero-order chi connectivity index (χ0) is 14.5. The Labute approximate surface area is 120 Å². The number of amides is 1. The van der Waals surface area contributed by atoms with E-state index in [0.717, 1.165) is 30.5 Å². The highest BCUT2D eigenvalue weighted by Gasteiger charge is 2.29. The molecule has 20 heavy (non-hydrogen) atoms. The smallest absolute Gasteiger partial charge is 0.254 e. The Morgan fingerprint density at radius 3 is 2.70 bits per heavy atom. The molecule has 0 bridgehead atoms. The fraction of sp³-hybridized carbons (Fsp3) is 0.562. The van der Waals surface area contributed by atoms with Crippen molar-refractivity contribution in [2.75, 3.05) is 20.2 Å².